The molecule has 0 saturated heterocycles. The van der Waals surface area contributed by atoms with Crippen LogP contribution >= 0.6 is 12.6 Å². The molecule has 0 bridgehead atoms. The fourth-order valence-electron chi connectivity index (χ4n) is 3.76. The molecule has 0 aliphatic heterocycles. The topological polar surface area (TPSA) is 0 Å². The second kappa shape index (κ2) is 4.47. The molecule has 0 amide bonds. The molecule has 2 fully saturated rings. The zero-order valence-corrected chi connectivity index (χ0v) is 10.4. The van der Waals surface area contributed by atoms with Crippen molar-refractivity contribution >= 4 is 12.6 Å². The SMILES string of the molecule is CCC(S)(C1CCCC1)C1CCCC1. The van der Waals surface area contributed by atoms with E-state index in [1.165, 1.54) is 57.8 Å². The van der Waals surface area contributed by atoms with Gasteiger partial charge in [-0.25, -0.2) is 0 Å². The highest BCUT2D eigenvalue weighted by atomic mass is 32.1. The predicted octanol–water partition coefficient (Wildman–Crippen LogP) is 4.45. The van der Waals surface area contributed by atoms with E-state index in [1.54, 1.807) is 0 Å². The largest absolute Gasteiger partial charge is 0.172 e. The Kier molecular flexibility index (Phi) is 3.46. The maximum Gasteiger partial charge on any atom is 0.0183 e. The molecule has 82 valence electrons. The molecule has 2 aliphatic rings. The lowest BCUT2D eigenvalue weighted by Gasteiger charge is -2.39. The summed E-state index contributed by atoms with van der Waals surface area (Å²) in [4.78, 5) is 0. The number of hydrogen-bond acceptors (Lipinski definition) is 1. The van der Waals surface area contributed by atoms with E-state index >= 15 is 0 Å². The second-order valence-electron chi connectivity index (χ2n) is 5.31. The van der Waals surface area contributed by atoms with Crippen molar-refractivity contribution in [1.82, 2.24) is 0 Å². The first-order valence-electron chi connectivity index (χ1n) is 6.49. The summed E-state index contributed by atoms with van der Waals surface area (Å²) in [5.41, 5.74) is 0. The molecule has 0 aromatic carbocycles. The predicted molar refractivity (Wildman–Crippen MR) is 65.9 cm³/mol. The van der Waals surface area contributed by atoms with Crippen LogP contribution in [-0.4, -0.2) is 4.75 Å². The van der Waals surface area contributed by atoms with E-state index in [2.05, 4.69) is 6.92 Å². The molecule has 2 rings (SSSR count). The van der Waals surface area contributed by atoms with Crippen molar-refractivity contribution < 1.29 is 0 Å². The number of thiol groups is 1. The Bertz CT molecular complexity index is 160. The fraction of sp³-hybridized carbons (Fsp3) is 1.00. The fourth-order valence-corrected chi connectivity index (χ4v) is 4.28. The molecule has 0 aromatic rings. The molecule has 2 saturated carbocycles. The normalized spacial score (nSPS) is 26.1. The average Bonchev–Trinajstić information content (AvgIpc) is 2.88. The van der Waals surface area contributed by atoms with Gasteiger partial charge in [-0.3, -0.25) is 0 Å². The highest BCUT2D eigenvalue weighted by Crippen LogP contribution is 2.49. The molecule has 1 heteroatoms. The quantitative estimate of drug-likeness (QED) is 0.657. The lowest BCUT2D eigenvalue weighted by molar-refractivity contribution is 0.267. The average molecular weight is 212 g/mol. The van der Waals surface area contributed by atoms with Gasteiger partial charge in [0.15, 0.2) is 0 Å². The molecule has 0 radical (unpaired) electrons. The monoisotopic (exact) mass is 212 g/mol. The summed E-state index contributed by atoms with van der Waals surface area (Å²) in [5, 5.41) is 0. The zero-order valence-electron chi connectivity index (χ0n) is 9.47. The van der Waals surface area contributed by atoms with Gasteiger partial charge < -0.3 is 0 Å². The van der Waals surface area contributed by atoms with Gasteiger partial charge in [0.05, 0.1) is 0 Å². The van der Waals surface area contributed by atoms with Crippen molar-refractivity contribution in [3.05, 3.63) is 0 Å². The molecular weight excluding hydrogens is 188 g/mol. The van der Waals surface area contributed by atoms with Gasteiger partial charge in [-0.2, -0.15) is 12.6 Å². The Labute approximate surface area is 94.3 Å². The van der Waals surface area contributed by atoms with Crippen LogP contribution in [0.3, 0.4) is 0 Å². The summed E-state index contributed by atoms with van der Waals surface area (Å²) in [5.74, 6) is 1.86. The van der Waals surface area contributed by atoms with Gasteiger partial charge in [0, 0.05) is 4.75 Å². The van der Waals surface area contributed by atoms with Crippen LogP contribution in [0.1, 0.15) is 64.7 Å². The first-order valence-corrected chi connectivity index (χ1v) is 6.94. The molecule has 0 unspecified atom stereocenters. The van der Waals surface area contributed by atoms with Crippen molar-refractivity contribution in [2.24, 2.45) is 11.8 Å². The van der Waals surface area contributed by atoms with Crippen LogP contribution in [-0.2, 0) is 0 Å². The Morgan fingerprint density at radius 2 is 1.29 bits per heavy atom. The van der Waals surface area contributed by atoms with Gasteiger partial charge in [0.25, 0.3) is 0 Å². The van der Waals surface area contributed by atoms with Crippen molar-refractivity contribution in [2.75, 3.05) is 0 Å². The molecule has 0 atom stereocenters. The maximum atomic E-state index is 5.11. The van der Waals surface area contributed by atoms with Crippen LogP contribution in [0, 0.1) is 11.8 Å². The highest BCUT2D eigenvalue weighted by Gasteiger charge is 2.42. The van der Waals surface area contributed by atoms with E-state index in [1.807, 2.05) is 0 Å². The first-order chi connectivity index (χ1) is 6.77. The number of rotatable bonds is 3. The number of hydrogen-bond donors (Lipinski definition) is 1. The third-order valence-electron chi connectivity index (χ3n) is 4.69. The summed E-state index contributed by atoms with van der Waals surface area (Å²) in [6.45, 7) is 2.35. The van der Waals surface area contributed by atoms with E-state index in [9.17, 15) is 0 Å². The van der Waals surface area contributed by atoms with E-state index in [0.717, 1.165) is 11.8 Å². The highest BCUT2D eigenvalue weighted by molar-refractivity contribution is 7.81. The van der Waals surface area contributed by atoms with Gasteiger partial charge in [0.2, 0.25) is 0 Å². The molecule has 0 nitrogen and oxygen atoms in total. The minimum absolute atomic E-state index is 0.396. The molecular formula is C13H24S. The summed E-state index contributed by atoms with van der Waals surface area (Å²) in [6, 6.07) is 0. The standard InChI is InChI=1S/C13H24S/c1-2-13(14,11-7-3-4-8-11)12-9-5-6-10-12/h11-12,14H,2-10H2,1H3. The van der Waals surface area contributed by atoms with Crippen molar-refractivity contribution in [1.29, 1.82) is 0 Å². The molecule has 0 heterocycles. The third-order valence-corrected chi connectivity index (χ3v) is 5.74. The van der Waals surface area contributed by atoms with Crippen LogP contribution < -0.4 is 0 Å². The zero-order chi connectivity index (χ0) is 10.0. The Morgan fingerprint density at radius 3 is 1.57 bits per heavy atom. The van der Waals surface area contributed by atoms with Gasteiger partial charge >= 0.3 is 0 Å². The lowest BCUT2D eigenvalue weighted by Crippen LogP contribution is -2.37. The summed E-state index contributed by atoms with van der Waals surface area (Å²) in [6.07, 6.45) is 12.9. The minimum atomic E-state index is 0.396. The Morgan fingerprint density at radius 1 is 0.929 bits per heavy atom. The van der Waals surface area contributed by atoms with Gasteiger partial charge in [0.1, 0.15) is 0 Å². The van der Waals surface area contributed by atoms with Crippen LogP contribution in [0.4, 0.5) is 0 Å². The van der Waals surface area contributed by atoms with E-state index in [0.29, 0.717) is 4.75 Å². The van der Waals surface area contributed by atoms with Crippen LogP contribution in [0.5, 0.6) is 0 Å². The second-order valence-corrected chi connectivity index (χ2v) is 6.14. The summed E-state index contributed by atoms with van der Waals surface area (Å²) in [7, 11) is 0. The molecule has 0 aromatic heterocycles. The van der Waals surface area contributed by atoms with Crippen molar-refractivity contribution in [2.45, 2.75) is 69.5 Å². The first kappa shape index (κ1) is 10.9. The molecule has 14 heavy (non-hydrogen) atoms. The lowest BCUT2D eigenvalue weighted by atomic mass is 9.77. The molecule has 0 N–H and O–H groups in total. The summed E-state index contributed by atoms with van der Waals surface area (Å²) >= 11 is 5.11. The van der Waals surface area contributed by atoms with Crippen molar-refractivity contribution in [3.8, 4) is 0 Å². The summed E-state index contributed by atoms with van der Waals surface area (Å²) < 4.78 is 0.396. The van der Waals surface area contributed by atoms with Crippen LogP contribution in [0.25, 0.3) is 0 Å². The van der Waals surface area contributed by atoms with Gasteiger partial charge in [-0.1, -0.05) is 32.6 Å². The minimum Gasteiger partial charge on any atom is -0.172 e. The Hall–Kier alpha value is 0.350. The van der Waals surface area contributed by atoms with Crippen LogP contribution in [0.15, 0.2) is 0 Å². The third kappa shape index (κ3) is 1.85. The smallest absolute Gasteiger partial charge is 0.0183 e. The Balaban J connectivity index is 2.06. The van der Waals surface area contributed by atoms with Gasteiger partial charge in [-0.05, 0) is 43.9 Å². The van der Waals surface area contributed by atoms with E-state index in [-0.39, 0.29) is 0 Å². The molecule has 2 aliphatic carbocycles. The van der Waals surface area contributed by atoms with Crippen molar-refractivity contribution in [3.63, 3.8) is 0 Å². The van der Waals surface area contributed by atoms with Gasteiger partial charge in [-0.15, -0.1) is 0 Å². The van der Waals surface area contributed by atoms with Crippen LogP contribution in [0.2, 0.25) is 0 Å². The van der Waals surface area contributed by atoms with E-state index in [4.69, 9.17) is 12.6 Å². The molecule has 0 spiro atoms. The maximum absolute atomic E-state index is 5.11. The van der Waals surface area contributed by atoms with E-state index < -0.39 is 0 Å².